The van der Waals surface area contributed by atoms with Crippen LogP contribution in [0.15, 0.2) is 53.7 Å². The molecule has 0 saturated carbocycles. The van der Waals surface area contributed by atoms with Crippen LogP contribution in [-0.4, -0.2) is 25.1 Å². The lowest BCUT2D eigenvalue weighted by molar-refractivity contribution is -0.255. The summed E-state index contributed by atoms with van der Waals surface area (Å²) in [5.74, 6) is -4.25. The SMILES string of the molecule is COC(=O)C1=C(C)N(c2cccc(C(=O)[O-])c2)C(=O)N[C@H]1c1c(F)cccc1F. The van der Waals surface area contributed by atoms with Gasteiger partial charge in [0.2, 0.25) is 0 Å². The highest BCUT2D eigenvalue weighted by atomic mass is 19.1. The normalized spacial score (nSPS) is 16.5. The maximum atomic E-state index is 14.3. The van der Waals surface area contributed by atoms with Gasteiger partial charge in [-0.05, 0) is 36.8 Å². The predicted octanol–water partition coefficient (Wildman–Crippen LogP) is 2.05. The number of aromatic carboxylic acids is 1. The third-order valence-corrected chi connectivity index (χ3v) is 4.52. The molecule has 1 atom stereocenters. The van der Waals surface area contributed by atoms with E-state index in [0.29, 0.717) is 0 Å². The molecule has 0 aliphatic carbocycles. The average molecular weight is 401 g/mol. The second-order valence-corrected chi connectivity index (χ2v) is 6.18. The zero-order valence-electron chi connectivity index (χ0n) is 15.4. The van der Waals surface area contributed by atoms with Gasteiger partial charge in [0.25, 0.3) is 0 Å². The Labute approximate surface area is 164 Å². The minimum atomic E-state index is -1.45. The summed E-state index contributed by atoms with van der Waals surface area (Å²) in [4.78, 5) is 37.4. The molecule has 150 valence electrons. The highest BCUT2D eigenvalue weighted by Gasteiger charge is 2.39. The summed E-state index contributed by atoms with van der Waals surface area (Å²) in [6.45, 7) is 1.39. The summed E-state index contributed by atoms with van der Waals surface area (Å²) in [5.41, 5.74) is -0.747. The van der Waals surface area contributed by atoms with Crippen molar-refractivity contribution in [2.24, 2.45) is 0 Å². The number of anilines is 1. The van der Waals surface area contributed by atoms with Crippen LogP contribution in [0.25, 0.3) is 0 Å². The molecule has 0 fully saturated rings. The number of methoxy groups -OCH3 is 1. The van der Waals surface area contributed by atoms with Gasteiger partial charge in [0.05, 0.1) is 35.9 Å². The number of nitrogens with zero attached hydrogens (tertiary/aromatic N) is 1. The number of amides is 2. The molecule has 3 rings (SSSR count). The van der Waals surface area contributed by atoms with E-state index in [2.05, 4.69) is 5.32 Å². The van der Waals surface area contributed by atoms with E-state index < -0.39 is 41.2 Å². The zero-order chi connectivity index (χ0) is 21.3. The van der Waals surface area contributed by atoms with Crippen molar-refractivity contribution in [1.29, 1.82) is 0 Å². The van der Waals surface area contributed by atoms with Crippen molar-refractivity contribution < 1.29 is 33.0 Å². The van der Waals surface area contributed by atoms with Crippen molar-refractivity contribution in [3.63, 3.8) is 0 Å². The summed E-state index contributed by atoms with van der Waals surface area (Å²) in [6, 6.07) is 6.21. The molecule has 0 spiro atoms. The van der Waals surface area contributed by atoms with Crippen molar-refractivity contribution in [3.05, 3.63) is 76.5 Å². The van der Waals surface area contributed by atoms with Crippen molar-refractivity contribution in [2.75, 3.05) is 12.0 Å². The van der Waals surface area contributed by atoms with E-state index in [1.165, 1.54) is 31.2 Å². The average Bonchev–Trinajstić information content (AvgIpc) is 2.67. The molecule has 0 saturated heterocycles. The Kier molecular flexibility index (Phi) is 5.31. The summed E-state index contributed by atoms with van der Waals surface area (Å²) < 4.78 is 33.4. The molecular weight excluding hydrogens is 386 g/mol. The lowest BCUT2D eigenvalue weighted by Gasteiger charge is -2.35. The van der Waals surface area contributed by atoms with Crippen molar-refractivity contribution in [2.45, 2.75) is 13.0 Å². The molecule has 1 N–H and O–H groups in total. The quantitative estimate of drug-likeness (QED) is 0.791. The molecule has 1 aliphatic heterocycles. The van der Waals surface area contributed by atoms with Crippen LogP contribution in [0.4, 0.5) is 19.3 Å². The molecule has 2 amide bonds. The number of allylic oxidation sites excluding steroid dienone is 1. The Hall–Kier alpha value is -3.75. The number of ether oxygens (including phenoxy) is 1. The van der Waals surface area contributed by atoms with Gasteiger partial charge in [-0.3, -0.25) is 4.90 Å². The molecule has 0 unspecified atom stereocenters. The molecule has 29 heavy (non-hydrogen) atoms. The van der Waals surface area contributed by atoms with E-state index in [0.717, 1.165) is 30.2 Å². The van der Waals surface area contributed by atoms with Crippen LogP contribution >= 0.6 is 0 Å². The molecule has 2 aromatic rings. The number of halogens is 2. The van der Waals surface area contributed by atoms with Crippen LogP contribution in [0, 0.1) is 11.6 Å². The van der Waals surface area contributed by atoms with E-state index >= 15 is 0 Å². The number of esters is 1. The van der Waals surface area contributed by atoms with Crippen LogP contribution in [0.5, 0.6) is 0 Å². The van der Waals surface area contributed by atoms with E-state index in [1.807, 2.05) is 0 Å². The molecule has 9 heteroatoms. The molecule has 1 aliphatic rings. The zero-order valence-corrected chi connectivity index (χ0v) is 15.4. The highest BCUT2D eigenvalue weighted by Crippen LogP contribution is 2.36. The fraction of sp³-hybridized carbons (Fsp3) is 0.150. The molecule has 0 aromatic heterocycles. The third kappa shape index (κ3) is 3.54. The largest absolute Gasteiger partial charge is 0.545 e. The van der Waals surface area contributed by atoms with Gasteiger partial charge in [-0.2, -0.15) is 0 Å². The predicted molar refractivity (Wildman–Crippen MR) is 95.6 cm³/mol. The smallest absolute Gasteiger partial charge is 0.337 e. The van der Waals surface area contributed by atoms with Gasteiger partial charge >= 0.3 is 12.0 Å². The number of urea groups is 1. The topological polar surface area (TPSA) is 98.8 Å². The second kappa shape index (κ2) is 7.70. The van der Waals surface area contributed by atoms with Crippen LogP contribution in [0.3, 0.4) is 0 Å². The fourth-order valence-corrected chi connectivity index (χ4v) is 3.20. The first kappa shape index (κ1) is 20.0. The maximum Gasteiger partial charge on any atom is 0.337 e. The van der Waals surface area contributed by atoms with Crippen molar-refractivity contribution in [1.82, 2.24) is 5.32 Å². The van der Waals surface area contributed by atoms with Crippen molar-refractivity contribution >= 4 is 23.7 Å². The number of carbonyl (C=O) groups excluding carboxylic acids is 3. The number of benzene rings is 2. The van der Waals surface area contributed by atoms with Gasteiger partial charge in [-0.25, -0.2) is 18.4 Å². The van der Waals surface area contributed by atoms with Gasteiger partial charge in [0, 0.05) is 5.70 Å². The monoisotopic (exact) mass is 401 g/mol. The lowest BCUT2D eigenvalue weighted by atomic mass is 9.93. The lowest BCUT2D eigenvalue weighted by Crippen LogP contribution is -2.48. The first-order valence-corrected chi connectivity index (χ1v) is 8.41. The highest BCUT2D eigenvalue weighted by molar-refractivity contribution is 6.03. The van der Waals surface area contributed by atoms with E-state index in [4.69, 9.17) is 4.74 Å². The number of hydrogen-bond donors (Lipinski definition) is 1. The molecule has 0 bridgehead atoms. The standard InChI is InChI=1S/C20H16F2N2O5/c1-10-15(19(27)29-2)17(16-13(21)7-4-8-14(16)22)23-20(28)24(10)12-6-3-5-11(9-12)18(25)26/h3-9,17H,1-2H3,(H,23,28)(H,25,26)/p-1/t17-/m1/s1. The van der Waals surface area contributed by atoms with E-state index in [9.17, 15) is 28.3 Å². The minimum absolute atomic E-state index is 0.0313. The van der Waals surface area contributed by atoms with E-state index in [-0.39, 0.29) is 22.5 Å². The molecule has 1 heterocycles. The van der Waals surface area contributed by atoms with Gasteiger partial charge in [0.1, 0.15) is 11.6 Å². The number of carboxylic acids is 1. The first-order valence-electron chi connectivity index (χ1n) is 8.41. The molecule has 2 aromatic carbocycles. The summed E-state index contributed by atoms with van der Waals surface area (Å²) in [6.07, 6.45) is 0. The Balaban J connectivity index is 2.20. The van der Waals surface area contributed by atoms with Gasteiger partial charge < -0.3 is 20.0 Å². The Morgan fingerprint density at radius 1 is 1.14 bits per heavy atom. The number of rotatable bonds is 4. The molecule has 0 radical (unpaired) electrons. The fourth-order valence-electron chi connectivity index (χ4n) is 3.20. The molecular formula is C20H15F2N2O5-. The van der Waals surface area contributed by atoms with Gasteiger partial charge in [-0.15, -0.1) is 0 Å². The van der Waals surface area contributed by atoms with E-state index in [1.54, 1.807) is 0 Å². The number of nitrogens with one attached hydrogen (secondary N) is 1. The van der Waals surface area contributed by atoms with Crippen molar-refractivity contribution in [3.8, 4) is 0 Å². The molecule has 7 nitrogen and oxygen atoms in total. The first-order chi connectivity index (χ1) is 13.8. The van der Waals surface area contributed by atoms with Crippen LogP contribution in [0.2, 0.25) is 0 Å². The summed E-state index contributed by atoms with van der Waals surface area (Å²) >= 11 is 0. The summed E-state index contributed by atoms with van der Waals surface area (Å²) in [5, 5.41) is 13.5. The maximum absolute atomic E-state index is 14.3. The number of carboxylic acid groups (broad SMARTS) is 1. The second-order valence-electron chi connectivity index (χ2n) is 6.18. The van der Waals surface area contributed by atoms with Crippen LogP contribution in [-0.2, 0) is 9.53 Å². The Bertz CT molecular complexity index is 1030. The van der Waals surface area contributed by atoms with Gasteiger partial charge in [0.15, 0.2) is 0 Å². The summed E-state index contributed by atoms with van der Waals surface area (Å²) in [7, 11) is 1.09. The minimum Gasteiger partial charge on any atom is -0.545 e. The Morgan fingerprint density at radius 2 is 1.76 bits per heavy atom. The Morgan fingerprint density at radius 3 is 2.34 bits per heavy atom. The third-order valence-electron chi connectivity index (χ3n) is 4.52. The van der Waals surface area contributed by atoms with Crippen LogP contribution in [0.1, 0.15) is 28.9 Å². The van der Waals surface area contributed by atoms with Crippen LogP contribution < -0.4 is 15.3 Å². The number of carbonyl (C=O) groups is 3. The number of hydrogen-bond acceptors (Lipinski definition) is 5. The van der Waals surface area contributed by atoms with Gasteiger partial charge in [-0.1, -0.05) is 18.2 Å².